The third kappa shape index (κ3) is 4.35. The summed E-state index contributed by atoms with van der Waals surface area (Å²) in [5.41, 5.74) is 3.03. The molecule has 3 heterocycles. The Balaban J connectivity index is 1.49. The number of hydrogen-bond acceptors (Lipinski definition) is 5. The van der Waals surface area contributed by atoms with Gasteiger partial charge < -0.3 is 9.64 Å². The molecule has 1 aromatic heterocycles. The monoisotopic (exact) mass is 458 g/mol. The molecule has 0 N–H and O–H groups in total. The number of aromatic nitrogens is 1. The lowest BCUT2D eigenvalue weighted by atomic mass is 9.85. The molecule has 3 aromatic rings. The maximum absolute atomic E-state index is 13.4. The minimum atomic E-state index is -0.388. The summed E-state index contributed by atoms with van der Waals surface area (Å²) in [6.45, 7) is 0.836. The summed E-state index contributed by atoms with van der Waals surface area (Å²) in [4.78, 5) is 28.7. The molecule has 33 heavy (non-hydrogen) atoms. The number of rotatable bonds is 6. The Labute approximate surface area is 197 Å². The zero-order valence-electron chi connectivity index (χ0n) is 18.5. The first-order valence-electron chi connectivity index (χ1n) is 11.2. The topological polar surface area (TPSA) is 51.5 Å². The van der Waals surface area contributed by atoms with Gasteiger partial charge in [-0.3, -0.25) is 9.36 Å². The van der Waals surface area contributed by atoms with Gasteiger partial charge in [0, 0.05) is 47.0 Å². The first kappa shape index (κ1) is 21.6. The molecule has 5 nitrogen and oxygen atoms in total. The van der Waals surface area contributed by atoms with Crippen molar-refractivity contribution in [2.45, 2.75) is 23.8 Å². The highest BCUT2D eigenvalue weighted by molar-refractivity contribution is 7.99. The third-order valence-electron chi connectivity index (χ3n) is 6.42. The normalized spacial score (nSPS) is 20.0. The quantitative estimate of drug-likeness (QED) is 0.279. The first-order chi connectivity index (χ1) is 16.1. The summed E-state index contributed by atoms with van der Waals surface area (Å²) in [5, 5.41) is 1.10. The van der Waals surface area contributed by atoms with Crippen molar-refractivity contribution in [1.82, 2.24) is 9.47 Å². The number of benzene rings is 2. The highest BCUT2D eigenvalue weighted by Crippen LogP contribution is 2.43. The van der Waals surface area contributed by atoms with Crippen LogP contribution in [0.4, 0.5) is 0 Å². The molecule has 0 radical (unpaired) electrons. The fraction of sp³-hybridized carbons (Fsp3) is 0.259. The Hall–Kier alpha value is -3.25. The molecule has 0 amide bonds. The van der Waals surface area contributed by atoms with Crippen LogP contribution in [0.3, 0.4) is 0 Å². The molecule has 5 rings (SSSR count). The molecule has 0 aliphatic carbocycles. The molecule has 2 aliphatic heterocycles. The van der Waals surface area contributed by atoms with Crippen LogP contribution in [0, 0.1) is 5.92 Å². The summed E-state index contributed by atoms with van der Waals surface area (Å²) in [6.07, 6.45) is 6.68. The average molecular weight is 459 g/mol. The van der Waals surface area contributed by atoms with Crippen LogP contribution >= 0.6 is 11.8 Å². The smallest absolute Gasteiger partial charge is 0.330 e. The molecule has 6 heteroatoms. The summed E-state index contributed by atoms with van der Waals surface area (Å²) < 4.78 is 6.69. The summed E-state index contributed by atoms with van der Waals surface area (Å²) >= 11 is 1.82. The number of para-hydroxylation sites is 1. The number of thioether (sulfide) groups is 1. The largest absolute Gasteiger partial charge is 0.466 e. The molecule has 0 saturated heterocycles. The Morgan fingerprint density at radius 2 is 1.94 bits per heavy atom. The number of nitrogens with zero attached hydrogens (tertiary/aromatic N) is 2. The van der Waals surface area contributed by atoms with Crippen LogP contribution in [0.25, 0.3) is 10.9 Å². The summed E-state index contributed by atoms with van der Waals surface area (Å²) in [7, 11) is 1.37. The summed E-state index contributed by atoms with van der Waals surface area (Å²) in [6, 6.07) is 20.8. The first-order valence-corrected chi connectivity index (χ1v) is 12.2. The molecule has 0 spiro atoms. The van der Waals surface area contributed by atoms with Crippen molar-refractivity contribution in [3.8, 4) is 0 Å². The van der Waals surface area contributed by atoms with Gasteiger partial charge in [0.05, 0.1) is 18.7 Å². The number of allylic oxidation sites excluding steroid dienone is 2. The van der Waals surface area contributed by atoms with Gasteiger partial charge in [-0.1, -0.05) is 42.5 Å². The number of ether oxygens (including phenoxy) is 1. The van der Waals surface area contributed by atoms with E-state index < -0.39 is 0 Å². The van der Waals surface area contributed by atoms with Crippen molar-refractivity contribution in [2.24, 2.45) is 5.92 Å². The van der Waals surface area contributed by atoms with E-state index in [1.54, 1.807) is 0 Å². The number of carbonyl (C=O) groups is 2. The van der Waals surface area contributed by atoms with Gasteiger partial charge in [-0.25, -0.2) is 4.79 Å². The van der Waals surface area contributed by atoms with Gasteiger partial charge in [0.2, 0.25) is 5.91 Å². The van der Waals surface area contributed by atoms with Crippen molar-refractivity contribution in [3.63, 3.8) is 0 Å². The van der Waals surface area contributed by atoms with Crippen LogP contribution in [0.15, 0.2) is 89.5 Å². The van der Waals surface area contributed by atoms with E-state index in [1.165, 1.54) is 18.1 Å². The highest BCUT2D eigenvalue weighted by Gasteiger charge is 2.37. The maximum atomic E-state index is 13.4. The fourth-order valence-electron chi connectivity index (χ4n) is 4.84. The molecule has 2 aliphatic rings. The minimum absolute atomic E-state index is 0.0695. The lowest BCUT2D eigenvalue weighted by molar-refractivity contribution is -0.134. The van der Waals surface area contributed by atoms with E-state index in [0.717, 1.165) is 40.9 Å². The Bertz CT molecular complexity index is 1240. The highest BCUT2D eigenvalue weighted by atomic mass is 32.2. The van der Waals surface area contributed by atoms with Crippen LogP contribution in [0.2, 0.25) is 0 Å². The van der Waals surface area contributed by atoms with Crippen LogP contribution in [-0.4, -0.2) is 40.8 Å². The SMILES string of the molecule is COC(=O)/C=C/C1=CN(CCSc2ccccc2)[C@H]2C[C@@H]1CC(=O)n1c2cc2ccccc21. The van der Waals surface area contributed by atoms with Crippen molar-refractivity contribution in [3.05, 3.63) is 90.3 Å². The predicted octanol–water partition coefficient (Wildman–Crippen LogP) is 5.45. The third-order valence-corrected chi connectivity index (χ3v) is 7.41. The van der Waals surface area contributed by atoms with Crippen LogP contribution in [-0.2, 0) is 9.53 Å². The van der Waals surface area contributed by atoms with E-state index in [4.69, 9.17) is 4.74 Å². The van der Waals surface area contributed by atoms with Crippen molar-refractivity contribution >= 4 is 34.5 Å². The van der Waals surface area contributed by atoms with Gasteiger partial charge in [-0.15, -0.1) is 11.8 Å². The molecule has 168 valence electrons. The van der Waals surface area contributed by atoms with E-state index >= 15 is 0 Å². The fourth-order valence-corrected chi connectivity index (χ4v) is 5.73. The van der Waals surface area contributed by atoms with Gasteiger partial charge in [0.1, 0.15) is 0 Å². The number of carbonyl (C=O) groups excluding carboxylic acids is 2. The molecule has 0 unspecified atom stereocenters. The second kappa shape index (κ2) is 9.32. The van der Waals surface area contributed by atoms with Crippen molar-refractivity contribution < 1.29 is 14.3 Å². The van der Waals surface area contributed by atoms with E-state index in [0.29, 0.717) is 6.42 Å². The van der Waals surface area contributed by atoms with Crippen molar-refractivity contribution in [1.29, 1.82) is 0 Å². The van der Waals surface area contributed by atoms with Crippen LogP contribution < -0.4 is 0 Å². The van der Waals surface area contributed by atoms with Gasteiger partial charge >= 0.3 is 5.97 Å². The average Bonchev–Trinajstić information content (AvgIpc) is 3.18. The molecule has 0 saturated carbocycles. The molecular formula is C27H26N2O3S. The number of methoxy groups -OCH3 is 1. The standard InChI is InChI=1S/C27H26N2O3S/c1-32-27(31)12-11-20-18-28(13-14-33-22-8-3-2-4-9-22)24-16-21(20)17-26(30)29-23-10-6-5-7-19(23)15-25(24)29/h2-12,15,18,21,24H,13-14,16-17H2,1H3/b12-11+/t21-,24+/m1/s1. The predicted molar refractivity (Wildman–Crippen MR) is 131 cm³/mol. The maximum Gasteiger partial charge on any atom is 0.330 e. The second-order valence-corrected chi connectivity index (χ2v) is 9.56. The molecular weight excluding hydrogens is 432 g/mol. The lowest BCUT2D eigenvalue weighted by Gasteiger charge is -2.37. The van der Waals surface area contributed by atoms with E-state index in [2.05, 4.69) is 47.5 Å². The van der Waals surface area contributed by atoms with Crippen molar-refractivity contribution in [2.75, 3.05) is 19.4 Å². The van der Waals surface area contributed by atoms with E-state index in [-0.39, 0.29) is 23.8 Å². The summed E-state index contributed by atoms with van der Waals surface area (Å²) in [5.74, 6) is 0.710. The van der Waals surface area contributed by atoms with Gasteiger partial charge in [-0.05, 0) is 42.2 Å². The number of hydrogen-bond donors (Lipinski definition) is 0. The molecule has 2 aromatic carbocycles. The molecule has 0 fully saturated rings. The van der Waals surface area contributed by atoms with Gasteiger partial charge in [0.25, 0.3) is 0 Å². The van der Waals surface area contributed by atoms with Crippen LogP contribution in [0.5, 0.6) is 0 Å². The van der Waals surface area contributed by atoms with Crippen LogP contribution in [0.1, 0.15) is 29.4 Å². The van der Waals surface area contributed by atoms with Gasteiger partial charge in [-0.2, -0.15) is 0 Å². The van der Waals surface area contributed by atoms with Gasteiger partial charge in [0.15, 0.2) is 0 Å². The van der Waals surface area contributed by atoms with E-state index in [9.17, 15) is 9.59 Å². The minimum Gasteiger partial charge on any atom is -0.466 e. The van der Waals surface area contributed by atoms with E-state index in [1.807, 2.05) is 46.7 Å². The zero-order valence-corrected chi connectivity index (χ0v) is 19.3. The zero-order chi connectivity index (χ0) is 22.8. The lowest BCUT2D eigenvalue weighted by Crippen LogP contribution is -2.32. The Kier molecular flexibility index (Phi) is 6.09. The second-order valence-electron chi connectivity index (χ2n) is 8.39. The number of fused-ring (bicyclic) bond motifs is 6. The molecule has 2 bridgehead atoms. The molecule has 2 atom stereocenters. The number of esters is 1. The Morgan fingerprint density at radius 3 is 2.76 bits per heavy atom. The Morgan fingerprint density at radius 1 is 1.15 bits per heavy atom.